The predicted octanol–water partition coefficient (Wildman–Crippen LogP) is 3.30. The van der Waals surface area contributed by atoms with Gasteiger partial charge in [0.05, 0.1) is 12.8 Å². The quantitative estimate of drug-likeness (QED) is 0.696. The summed E-state index contributed by atoms with van der Waals surface area (Å²) in [6, 6.07) is 1.82. The van der Waals surface area contributed by atoms with Crippen molar-refractivity contribution in [1.29, 1.82) is 0 Å². The van der Waals surface area contributed by atoms with E-state index in [4.69, 9.17) is 16.3 Å². The van der Waals surface area contributed by atoms with Crippen molar-refractivity contribution >= 4 is 23.1 Å². The minimum Gasteiger partial charge on any atom is -0.490 e. The van der Waals surface area contributed by atoms with Gasteiger partial charge in [-0.1, -0.05) is 11.6 Å². The van der Waals surface area contributed by atoms with Crippen molar-refractivity contribution in [3.63, 3.8) is 0 Å². The number of ether oxygens (including phenoxy) is 1. The minimum absolute atomic E-state index is 0.00277. The Bertz CT molecular complexity index is 624. The first-order valence-electron chi connectivity index (χ1n) is 4.99. The average Bonchev–Trinajstić information content (AvgIpc) is 2.40. The molecule has 0 aliphatic carbocycles. The molecule has 2 aromatic rings. The maximum atomic E-state index is 13.5. The van der Waals surface area contributed by atoms with Crippen LogP contribution in [0.4, 0.5) is 24.7 Å². The summed E-state index contributed by atoms with van der Waals surface area (Å²) in [6.45, 7) is 0. The Balaban J connectivity index is 2.42. The predicted molar refractivity (Wildman–Crippen MR) is 63.2 cm³/mol. The van der Waals surface area contributed by atoms with Gasteiger partial charge < -0.3 is 10.1 Å². The molecule has 0 bridgehead atoms. The Morgan fingerprint density at radius 1 is 1.16 bits per heavy atom. The zero-order valence-electron chi connectivity index (χ0n) is 9.55. The largest absolute Gasteiger partial charge is 0.490 e. The van der Waals surface area contributed by atoms with E-state index in [1.807, 2.05) is 0 Å². The highest BCUT2D eigenvalue weighted by atomic mass is 35.5. The lowest BCUT2D eigenvalue weighted by atomic mass is 10.2. The van der Waals surface area contributed by atoms with Crippen LogP contribution in [0.2, 0.25) is 5.15 Å². The van der Waals surface area contributed by atoms with Crippen molar-refractivity contribution in [2.24, 2.45) is 0 Å². The average molecular weight is 290 g/mol. The van der Waals surface area contributed by atoms with Gasteiger partial charge in [-0.05, 0) is 12.1 Å². The molecule has 0 spiro atoms. The highest BCUT2D eigenvalue weighted by molar-refractivity contribution is 6.31. The van der Waals surface area contributed by atoms with Crippen LogP contribution in [0.3, 0.4) is 0 Å². The molecule has 0 fully saturated rings. The Kier molecular flexibility index (Phi) is 3.75. The van der Waals surface area contributed by atoms with Crippen LogP contribution in [-0.2, 0) is 0 Å². The highest BCUT2D eigenvalue weighted by Gasteiger charge is 2.16. The number of benzene rings is 1. The molecule has 0 aliphatic rings. The molecule has 0 saturated heterocycles. The summed E-state index contributed by atoms with van der Waals surface area (Å²) in [5.74, 6) is -4.13. The van der Waals surface area contributed by atoms with E-state index in [-0.39, 0.29) is 22.4 Å². The molecule has 1 heterocycles. The van der Waals surface area contributed by atoms with Crippen molar-refractivity contribution in [2.75, 3.05) is 12.4 Å². The molecule has 0 aliphatic heterocycles. The number of anilines is 2. The Hall–Kier alpha value is -2.02. The second-order valence-electron chi connectivity index (χ2n) is 3.39. The van der Waals surface area contributed by atoms with Crippen LogP contribution in [0.1, 0.15) is 0 Å². The fourth-order valence-electron chi connectivity index (χ4n) is 1.37. The van der Waals surface area contributed by atoms with E-state index < -0.39 is 17.5 Å². The fourth-order valence-corrected chi connectivity index (χ4v) is 1.58. The number of nitrogens with one attached hydrogen (secondary N) is 1. The van der Waals surface area contributed by atoms with E-state index in [0.29, 0.717) is 0 Å². The number of nitrogens with zero attached hydrogens (tertiary/aromatic N) is 2. The summed E-state index contributed by atoms with van der Waals surface area (Å²) in [7, 11) is 1.32. The lowest BCUT2D eigenvalue weighted by Gasteiger charge is -2.11. The van der Waals surface area contributed by atoms with Crippen LogP contribution in [0.25, 0.3) is 0 Å². The summed E-state index contributed by atoms with van der Waals surface area (Å²) in [4.78, 5) is 7.45. The van der Waals surface area contributed by atoms with Gasteiger partial charge in [0, 0.05) is 0 Å². The van der Waals surface area contributed by atoms with E-state index in [2.05, 4.69) is 15.3 Å². The lowest BCUT2D eigenvalue weighted by molar-refractivity contribution is 0.413. The van der Waals surface area contributed by atoms with Crippen LogP contribution >= 0.6 is 11.6 Å². The van der Waals surface area contributed by atoms with Crippen LogP contribution in [0, 0.1) is 17.5 Å². The normalized spacial score (nSPS) is 10.4. The zero-order valence-corrected chi connectivity index (χ0v) is 10.3. The zero-order chi connectivity index (χ0) is 14.0. The number of rotatable bonds is 3. The summed E-state index contributed by atoms with van der Waals surface area (Å²) in [5.41, 5.74) is -0.299. The molecule has 100 valence electrons. The lowest BCUT2D eigenvalue weighted by Crippen LogP contribution is -2.03. The Morgan fingerprint density at radius 2 is 1.89 bits per heavy atom. The van der Waals surface area contributed by atoms with Gasteiger partial charge in [-0.3, -0.25) is 0 Å². The van der Waals surface area contributed by atoms with Gasteiger partial charge in [0.25, 0.3) is 0 Å². The van der Waals surface area contributed by atoms with Crippen LogP contribution in [0.15, 0.2) is 18.5 Å². The third-order valence-electron chi connectivity index (χ3n) is 2.25. The van der Waals surface area contributed by atoms with Crippen molar-refractivity contribution in [1.82, 2.24) is 9.97 Å². The van der Waals surface area contributed by atoms with Gasteiger partial charge >= 0.3 is 0 Å². The smallest absolute Gasteiger partial charge is 0.199 e. The standard InChI is InChI=1S/C11H7ClF3N3O/c1-19-9-10(12)16-4-17-11(9)18-6-3-2-5(13)7(14)8(6)15/h2-4H,1H3,(H,16,17,18). The van der Waals surface area contributed by atoms with Crippen molar-refractivity contribution < 1.29 is 17.9 Å². The van der Waals surface area contributed by atoms with Gasteiger partial charge in [0.15, 0.2) is 34.2 Å². The van der Waals surface area contributed by atoms with E-state index in [0.717, 1.165) is 18.5 Å². The third kappa shape index (κ3) is 2.55. The number of aromatic nitrogens is 2. The fraction of sp³-hybridized carbons (Fsp3) is 0.0909. The van der Waals surface area contributed by atoms with E-state index >= 15 is 0 Å². The molecule has 8 heteroatoms. The molecule has 1 N–H and O–H groups in total. The molecule has 1 aromatic carbocycles. The number of hydrogen-bond acceptors (Lipinski definition) is 4. The molecule has 2 rings (SSSR count). The van der Waals surface area contributed by atoms with E-state index in [1.54, 1.807) is 0 Å². The van der Waals surface area contributed by atoms with Gasteiger partial charge in [-0.25, -0.2) is 23.1 Å². The molecule has 19 heavy (non-hydrogen) atoms. The van der Waals surface area contributed by atoms with Crippen molar-refractivity contribution in [3.8, 4) is 5.75 Å². The molecule has 0 radical (unpaired) electrons. The second-order valence-corrected chi connectivity index (χ2v) is 3.75. The topological polar surface area (TPSA) is 47.0 Å². The number of hydrogen-bond donors (Lipinski definition) is 1. The Morgan fingerprint density at radius 3 is 2.58 bits per heavy atom. The monoisotopic (exact) mass is 289 g/mol. The molecule has 0 unspecified atom stereocenters. The summed E-state index contributed by atoms with van der Waals surface area (Å²) < 4.78 is 44.3. The first kappa shape index (κ1) is 13.4. The van der Waals surface area contributed by atoms with Gasteiger partial charge in [0.1, 0.15) is 6.33 Å². The maximum absolute atomic E-state index is 13.5. The molecular formula is C11H7ClF3N3O. The summed E-state index contributed by atoms with van der Waals surface area (Å²) in [6.07, 6.45) is 1.12. The van der Waals surface area contributed by atoms with Crippen LogP contribution in [0.5, 0.6) is 5.75 Å². The van der Waals surface area contributed by atoms with Gasteiger partial charge in [0.2, 0.25) is 0 Å². The van der Waals surface area contributed by atoms with Gasteiger partial charge in [-0.2, -0.15) is 0 Å². The van der Waals surface area contributed by atoms with Gasteiger partial charge in [-0.15, -0.1) is 0 Å². The second kappa shape index (κ2) is 5.31. The summed E-state index contributed by atoms with van der Waals surface area (Å²) >= 11 is 5.75. The minimum atomic E-state index is -1.58. The summed E-state index contributed by atoms with van der Waals surface area (Å²) in [5, 5.41) is 2.46. The Labute approximate surface area is 111 Å². The first-order valence-corrected chi connectivity index (χ1v) is 5.37. The molecular weight excluding hydrogens is 283 g/mol. The molecule has 1 aromatic heterocycles. The molecule has 0 amide bonds. The highest BCUT2D eigenvalue weighted by Crippen LogP contribution is 2.32. The number of halogens is 4. The first-order chi connectivity index (χ1) is 9.04. The van der Waals surface area contributed by atoms with Crippen molar-refractivity contribution in [2.45, 2.75) is 0 Å². The van der Waals surface area contributed by atoms with E-state index in [9.17, 15) is 13.2 Å². The van der Waals surface area contributed by atoms with Crippen LogP contribution < -0.4 is 10.1 Å². The SMILES string of the molecule is COc1c(Cl)ncnc1Nc1ccc(F)c(F)c1F. The molecule has 0 atom stereocenters. The van der Waals surface area contributed by atoms with Crippen LogP contribution in [-0.4, -0.2) is 17.1 Å². The molecule has 0 saturated carbocycles. The third-order valence-corrected chi connectivity index (χ3v) is 2.52. The maximum Gasteiger partial charge on any atom is 0.199 e. The molecule has 4 nitrogen and oxygen atoms in total. The van der Waals surface area contributed by atoms with Crippen molar-refractivity contribution in [3.05, 3.63) is 41.1 Å². The number of methoxy groups -OCH3 is 1. The van der Waals surface area contributed by atoms with E-state index in [1.165, 1.54) is 7.11 Å².